The van der Waals surface area contributed by atoms with Crippen molar-refractivity contribution in [1.29, 1.82) is 0 Å². The molecule has 0 aromatic rings. The molecule has 0 fully saturated rings. The molecule has 2 unspecified atom stereocenters. The van der Waals surface area contributed by atoms with Gasteiger partial charge in [-0.3, -0.25) is 13.5 Å². The highest BCUT2D eigenvalue weighted by Crippen LogP contribution is 2.15. The highest BCUT2D eigenvalue weighted by molar-refractivity contribution is 7.79. The summed E-state index contributed by atoms with van der Waals surface area (Å²) in [5, 5.41) is 0. The molecule has 0 rings (SSSR count). The number of hydrogen-bond donors (Lipinski definition) is 2. The summed E-state index contributed by atoms with van der Waals surface area (Å²) < 4.78 is 89.1. The maximum absolute atomic E-state index is 12.0. The van der Waals surface area contributed by atoms with Gasteiger partial charge < -0.3 is 0 Å². The third-order valence-corrected chi connectivity index (χ3v) is 0.971. The summed E-state index contributed by atoms with van der Waals surface area (Å²) in [5.41, 5.74) is 0. The third kappa shape index (κ3) is 16.2. The zero-order valence-corrected chi connectivity index (χ0v) is 7.97. The van der Waals surface area contributed by atoms with E-state index in [1.165, 1.54) is 0 Å². The van der Waals surface area contributed by atoms with E-state index in [1.54, 1.807) is 0 Å². The Morgan fingerprint density at radius 1 is 1.07 bits per heavy atom. The first-order valence-corrected chi connectivity index (χ1v) is 4.81. The maximum atomic E-state index is 12.0. The Labute approximate surface area is 82.7 Å². The van der Waals surface area contributed by atoms with Crippen LogP contribution in [0, 0.1) is 0 Å². The fourth-order valence-electron chi connectivity index (χ4n) is 0.421. The minimum atomic E-state index is -4.67. The van der Waals surface area contributed by atoms with Crippen LogP contribution in [0.5, 0.6) is 0 Å². The lowest BCUT2D eigenvalue weighted by Gasteiger charge is -2.09. The van der Waals surface area contributed by atoms with Crippen molar-refractivity contribution < 1.29 is 39.5 Å². The number of alkyl halides is 5. The van der Waals surface area contributed by atoms with Gasteiger partial charge in [0.25, 0.3) is 6.43 Å². The van der Waals surface area contributed by atoms with Gasteiger partial charge in [-0.1, -0.05) is 0 Å². The van der Waals surface area contributed by atoms with Crippen LogP contribution in [0.15, 0.2) is 0 Å². The van der Waals surface area contributed by atoms with E-state index in [0.29, 0.717) is 0 Å². The van der Waals surface area contributed by atoms with Gasteiger partial charge in [-0.15, -0.1) is 0 Å². The number of halogens is 5. The molecule has 0 heterocycles. The van der Waals surface area contributed by atoms with E-state index in [9.17, 15) is 22.0 Å². The first kappa shape index (κ1) is 16.9. The highest BCUT2D eigenvalue weighted by atomic mass is 32.3. The zero-order chi connectivity index (χ0) is 12.6. The van der Waals surface area contributed by atoms with E-state index >= 15 is 0 Å². The van der Waals surface area contributed by atoms with Crippen LogP contribution in [0.25, 0.3) is 0 Å². The van der Waals surface area contributed by atoms with Gasteiger partial charge in [-0.25, -0.2) is 17.6 Å². The molecule has 0 saturated carbocycles. The largest absolute Gasteiger partial charge is 0.394 e. The molecule has 0 aromatic heterocycles. The van der Waals surface area contributed by atoms with Crippen molar-refractivity contribution in [1.82, 2.24) is 0 Å². The van der Waals surface area contributed by atoms with Crippen LogP contribution in [0.3, 0.4) is 0 Å². The Bertz CT molecular complexity index is 236. The number of rotatable bonds is 4. The summed E-state index contributed by atoms with van der Waals surface area (Å²) in [7, 11) is -4.67. The fraction of sp³-hybridized carbons (Fsp3) is 1.00. The molecule has 0 bridgehead atoms. The molecule has 0 spiro atoms. The molecule has 4 nitrogen and oxygen atoms in total. The van der Waals surface area contributed by atoms with E-state index < -0.39 is 42.3 Å². The summed E-state index contributed by atoms with van der Waals surface area (Å²) in [6, 6.07) is 0. The van der Waals surface area contributed by atoms with Gasteiger partial charge in [0.05, 0.1) is 6.67 Å². The van der Waals surface area contributed by atoms with Crippen molar-refractivity contribution in [2.45, 2.75) is 25.2 Å². The molecule has 2 N–H and O–H groups in total. The molecule has 0 amide bonds. The SMILES string of the molecule is FCCC(F)C(F)C(F)F.O=S(=O)(O)O. The van der Waals surface area contributed by atoms with Crippen molar-refractivity contribution in [3.63, 3.8) is 0 Å². The molecule has 0 aromatic carbocycles. The molecular formula is C5H9F5O4S. The second kappa shape index (κ2) is 7.77. The van der Waals surface area contributed by atoms with E-state index in [0.717, 1.165) is 0 Å². The Balaban J connectivity index is 0. The number of hydrogen-bond acceptors (Lipinski definition) is 2. The monoisotopic (exact) mass is 260 g/mol. The Kier molecular flexibility index (Phi) is 8.77. The first-order chi connectivity index (χ1) is 6.59. The Morgan fingerprint density at radius 3 is 1.60 bits per heavy atom. The molecule has 0 aliphatic rings. The van der Waals surface area contributed by atoms with Crippen LogP contribution in [0.1, 0.15) is 6.42 Å². The van der Waals surface area contributed by atoms with E-state index in [-0.39, 0.29) is 0 Å². The van der Waals surface area contributed by atoms with Gasteiger partial charge in [0.15, 0.2) is 6.17 Å². The summed E-state index contributed by atoms with van der Waals surface area (Å²) in [4.78, 5) is 0. The van der Waals surface area contributed by atoms with Crippen LogP contribution in [-0.4, -0.2) is 43.0 Å². The molecular weight excluding hydrogens is 251 g/mol. The topological polar surface area (TPSA) is 74.6 Å². The second-order valence-corrected chi connectivity index (χ2v) is 3.12. The lowest BCUT2D eigenvalue weighted by molar-refractivity contribution is -0.000447. The van der Waals surface area contributed by atoms with Gasteiger partial charge in [0.1, 0.15) is 6.17 Å². The first-order valence-electron chi connectivity index (χ1n) is 3.41. The van der Waals surface area contributed by atoms with Gasteiger partial charge in [0, 0.05) is 6.42 Å². The minimum Gasteiger partial charge on any atom is -0.264 e. The summed E-state index contributed by atoms with van der Waals surface area (Å²) in [6.45, 7) is -1.12. The third-order valence-electron chi connectivity index (χ3n) is 0.971. The molecule has 15 heavy (non-hydrogen) atoms. The predicted octanol–water partition coefficient (Wildman–Crippen LogP) is 1.63. The Hall–Kier alpha value is -0.480. The smallest absolute Gasteiger partial charge is 0.264 e. The maximum Gasteiger partial charge on any atom is 0.394 e. The molecule has 94 valence electrons. The highest BCUT2D eigenvalue weighted by Gasteiger charge is 2.28. The normalized spacial score (nSPS) is 15.5. The molecule has 0 radical (unpaired) electrons. The van der Waals surface area contributed by atoms with Crippen LogP contribution in [-0.2, 0) is 10.4 Å². The lowest BCUT2D eigenvalue weighted by Crippen LogP contribution is -2.25. The van der Waals surface area contributed by atoms with Crippen LogP contribution >= 0.6 is 0 Å². The van der Waals surface area contributed by atoms with Crippen molar-refractivity contribution in [3.8, 4) is 0 Å². The average Bonchev–Trinajstić information content (AvgIpc) is 2.00. The van der Waals surface area contributed by atoms with Gasteiger partial charge in [-0.2, -0.15) is 8.42 Å². The average molecular weight is 260 g/mol. The van der Waals surface area contributed by atoms with Crippen LogP contribution in [0.4, 0.5) is 22.0 Å². The standard InChI is InChI=1S/C5H7F5.H2O4S/c6-2-1-3(7)4(8)5(9)10;1-5(2,3)4/h3-5H,1-2H2;(H2,1,2,3,4). The molecule has 10 heteroatoms. The van der Waals surface area contributed by atoms with E-state index in [1.807, 2.05) is 0 Å². The Morgan fingerprint density at radius 2 is 1.40 bits per heavy atom. The van der Waals surface area contributed by atoms with Crippen molar-refractivity contribution in [2.75, 3.05) is 6.67 Å². The van der Waals surface area contributed by atoms with Crippen molar-refractivity contribution in [3.05, 3.63) is 0 Å². The summed E-state index contributed by atoms with van der Waals surface area (Å²) in [6.07, 6.45) is -9.40. The quantitative estimate of drug-likeness (QED) is 0.595. The van der Waals surface area contributed by atoms with Crippen LogP contribution in [0.2, 0.25) is 0 Å². The zero-order valence-electron chi connectivity index (χ0n) is 7.16. The molecule has 0 aliphatic carbocycles. The molecule has 0 aliphatic heterocycles. The van der Waals surface area contributed by atoms with E-state index in [4.69, 9.17) is 17.5 Å². The van der Waals surface area contributed by atoms with Gasteiger partial charge in [-0.05, 0) is 0 Å². The lowest BCUT2D eigenvalue weighted by atomic mass is 10.2. The summed E-state index contributed by atoms with van der Waals surface area (Å²) >= 11 is 0. The van der Waals surface area contributed by atoms with Crippen molar-refractivity contribution >= 4 is 10.4 Å². The molecule has 0 saturated heterocycles. The minimum absolute atomic E-state index is 0.800. The fourth-order valence-corrected chi connectivity index (χ4v) is 0.421. The molecule has 2 atom stereocenters. The predicted molar refractivity (Wildman–Crippen MR) is 40.6 cm³/mol. The van der Waals surface area contributed by atoms with Gasteiger partial charge >= 0.3 is 10.4 Å². The van der Waals surface area contributed by atoms with Crippen LogP contribution < -0.4 is 0 Å². The summed E-state index contributed by atoms with van der Waals surface area (Å²) in [5.74, 6) is 0. The van der Waals surface area contributed by atoms with E-state index in [2.05, 4.69) is 0 Å². The second-order valence-electron chi connectivity index (χ2n) is 2.22. The van der Waals surface area contributed by atoms with Gasteiger partial charge in [0.2, 0.25) is 0 Å². The van der Waals surface area contributed by atoms with Crippen molar-refractivity contribution in [2.24, 2.45) is 0 Å².